The summed E-state index contributed by atoms with van der Waals surface area (Å²) in [4.78, 5) is 4.49. The van der Waals surface area contributed by atoms with Crippen LogP contribution in [0.4, 0.5) is 13.2 Å². The van der Waals surface area contributed by atoms with Crippen molar-refractivity contribution >= 4 is 11.0 Å². The molecule has 0 aliphatic carbocycles. The van der Waals surface area contributed by atoms with Gasteiger partial charge < -0.3 is 9.30 Å². The van der Waals surface area contributed by atoms with Crippen molar-refractivity contribution in [1.82, 2.24) is 9.55 Å². The number of aryl methyl sites for hydroxylation is 1. The van der Waals surface area contributed by atoms with E-state index in [0.717, 1.165) is 34.6 Å². The maximum atomic E-state index is 13.2. The Labute approximate surface area is 172 Å². The summed E-state index contributed by atoms with van der Waals surface area (Å²) in [5.74, 6) is 1.32. The minimum absolute atomic E-state index is 0.160. The minimum atomic E-state index is -4.41. The summed E-state index contributed by atoms with van der Waals surface area (Å²) in [7, 11) is 0. The molecular formula is C24H21F3N2O. The quantitative estimate of drug-likeness (QED) is 0.386. The van der Waals surface area contributed by atoms with E-state index in [0.29, 0.717) is 23.4 Å². The van der Waals surface area contributed by atoms with Crippen molar-refractivity contribution in [1.29, 1.82) is 0 Å². The predicted octanol–water partition coefficient (Wildman–Crippen LogP) is 6.30. The average molecular weight is 410 g/mol. The average Bonchev–Trinajstić information content (AvgIpc) is 3.06. The van der Waals surface area contributed by atoms with Gasteiger partial charge >= 0.3 is 6.18 Å². The van der Waals surface area contributed by atoms with Crippen molar-refractivity contribution in [3.63, 3.8) is 0 Å². The van der Waals surface area contributed by atoms with Crippen LogP contribution in [-0.2, 0) is 19.3 Å². The lowest BCUT2D eigenvalue weighted by Crippen LogP contribution is -2.09. The minimum Gasteiger partial charge on any atom is -0.485 e. The van der Waals surface area contributed by atoms with Crippen molar-refractivity contribution in [2.45, 2.75) is 33.2 Å². The van der Waals surface area contributed by atoms with Crippen molar-refractivity contribution in [3.05, 3.63) is 94.8 Å². The number of imidazole rings is 1. The van der Waals surface area contributed by atoms with Gasteiger partial charge in [0.05, 0.1) is 16.6 Å². The fraction of sp³-hybridized carbons (Fsp3) is 0.208. The van der Waals surface area contributed by atoms with Crippen LogP contribution in [0.2, 0.25) is 0 Å². The van der Waals surface area contributed by atoms with Crippen molar-refractivity contribution in [2.75, 3.05) is 0 Å². The predicted molar refractivity (Wildman–Crippen MR) is 111 cm³/mol. The van der Waals surface area contributed by atoms with Crippen LogP contribution >= 0.6 is 0 Å². The van der Waals surface area contributed by atoms with E-state index in [1.165, 1.54) is 6.07 Å². The van der Waals surface area contributed by atoms with E-state index in [1.54, 1.807) is 0 Å². The Bertz CT molecular complexity index is 1180. The number of alkyl halides is 3. The zero-order valence-electron chi connectivity index (χ0n) is 16.7. The Morgan fingerprint density at radius 2 is 1.70 bits per heavy atom. The Hall–Kier alpha value is -3.28. The molecule has 0 atom stereocenters. The number of hydrogen-bond acceptors (Lipinski definition) is 2. The standard InChI is InChI=1S/C24H21F3N2O/c1-16-7-6-10-22(17(16)2)30-15-23-28-20-13-19(24(25,26)27)11-12-21(20)29(23)14-18-8-4-3-5-9-18/h3-13H,14-15H2,1-2H3. The fourth-order valence-corrected chi connectivity index (χ4v) is 3.43. The topological polar surface area (TPSA) is 27.1 Å². The molecule has 4 aromatic rings. The molecule has 6 heteroatoms. The Balaban J connectivity index is 1.74. The summed E-state index contributed by atoms with van der Waals surface area (Å²) in [5.41, 5.74) is 3.42. The number of halogens is 3. The van der Waals surface area contributed by atoms with Crippen molar-refractivity contribution in [2.24, 2.45) is 0 Å². The third-order valence-electron chi connectivity index (χ3n) is 5.25. The molecule has 3 nitrogen and oxygen atoms in total. The van der Waals surface area contributed by atoms with Crippen LogP contribution in [0.25, 0.3) is 11.0 Å². The van der Waals surface area contributed by atoms with Gasteiger partial charge in [0.2, 0.25) is 0 Å². The zero-order chi connectivity index (χ0) is 21.3. The first-order valence-electron chi connectivity index (χ1n) is 9.62. The molecule has 0 radical (unpaired) electrons. The molecule has 1 aromatic heterocycles. The molecule has 0 saturated heterocycles. The summed E-state index contributed by atoms with van der Waals surface area (Å²) in [6.07, 6.45) is -4.41. The van der Waals surface area contributed by atoms with E-state index in [9.17, 15) is 13.2 Å². The second-order valence-corrected chi connectivity index (χ2v) is 7.29. The van der Waals surface area contributed by atoms with Gasteiger partial charge in [-0.2, -0.15) is 13.2 Å². The highest BCUT2D eigenvalue weighted by Gasteiger charge is 2.31. The first-order chi connectivity index (χ1) is 14.3. The molecule has 0 saturated carbocycles. The zero-order valence-corrected chi connectivity index (χ0v) is 16.7. The monoisotopic (exact) mass is 410 g/mol. The Morgan fingerprint density at radius 3 is 2.43 bits per heavy atom. The van der Waals surface area contributed by atoms with E-state index in [-0.39, 0.29) is 6.61 Å². The van der Waals surface area contributed by atoms with Gasteiger partial charge in [0.15, 0.2) is 0 Å². The molecule has 30 heavy (non-hydrogen) atoms. The second kappa shape index (κ2) is 7.86. The summed E-state index contributed by atoms with van der Waals surface area (Å²) in [5, 5.41) is 0. The molecule has 0 unspecified atom stereocenters. The molecule has 0 spiro atoms. The molecule has 3 aromatic carbocycles. The third kappa shape index (κ3) is 4.03. The van der Waals surface area contributed by atoms with Gasteiger partial charge in [-0.1, -0.05) is 42.5 Å². The molecule has 0 amide bonds. The number of hydrogen-bond donors (Lipinski definition) is 0. The van der Waals surface area contributed by atoms with Crippen molar-refractivity contribution < 1.29 is 17.9 Å². The molecule has 4 rings (SSSR count). The van der Waals surface area contributed by atoms with Crippen molar-refractivity contribution in [3.8, 4) is 5.75 Å². The smallest absolute Gasteiger partial charge is 0.416 e. The van der Waals surface area contributed by atoms with Crippen LogP contribution < -0.4 is 4.74 Å². The van der Waals surface area contributed by atoms with Gasteiger partial charge in [0.25, 0.3) is 0 Å². The largest absolute Gasteiger partial charge is 0.485 e. The number of benzene rings is 3. The lowest BCUT2D eigenvalue weighted by atomic mass is 10.1. The molecule has 0 fully saturated rings. The summed E-state index contributed by atoms with van der Waals surface area (Å²) in [6, 6.07) is 19.2. The molecule has 1 heterocycles. The molecule has 154 valence electrons. The molecule has 0 aliphatic heterocycles. The van der Waals surface area contributed by atoms with Gasteiger partial charge in [-0.25, -0.2) is 4.98 Å². The maximum absolute atomic E-state index is 13.2. The Kier molecular flexibility index (Phi) is 5.24. The van der Waals surface area contributed by atoms with Crippen LogP contribution in [0.5, 0.6) is 5.75 Å². The second-order valence-electron chi connectivity index (χ2n) is 7.29. The number of rotatable bonds is 5. The SMILES string of the molecule is Cc1cccc(OCc2nc3cc(C(F)(F)F)ccc3n2Cc2ccccc2)c1C. The third-order valence-corrected chi connectivity index (χ3v) is 5.25. The fourth-order valence-electron chi connectivity index (χ4n) is 3.43. The van der Waals surface area contributed by atoms with Crippen LogP contribution in [0.3, 0.4) is 0 Å². The van der Waals surface area contributed by atoms with E-state index < -0.39 is 11.7 Å². The van der Waals surface area contributed by atoms with Gasteiger partial charge in [-0.3, -0.25) is 0 Å². The van der Waals surface area contributed by atoms with Crippen LogP contribution in [0, 0.1) is 13.8 Å². The normalized spacial score (nSPS) is 11.8. The van der Waals surface area contributed by atoms with Gasteiger partial charge in [0.1, 0.15) is 18.2 Å². The first-order valence-corrected chi connectivity index (χ1v) is 9.62. The Morgan fingerprint density at radius 1 is 0.933 bits per heavy atom. The highest BCUT2D eigenvalue weighted by atomic mass is 19.4. The molecule has 0 aliphatic rings. The van der Waals surface area contributed by atoms with E-state index in [1.807, 2.05) is 66.9 Å². The summed E-state index contributed by atoms with van der Waals surface area (Å²) in [6.45, 7) is 4.64. The molecular weight excluding hydrogens is 389 g/mol. The van der Waals surface area contributed by atoms with Gasteiger partial charge in [-0.15, -0.1) is 0 Å². The number of nitrogens with zero attached hydrogens (tertiary/aromatic N) is 2. The lowest BCUT2D eigenvalue weighted by molar-refractivity contribution is -0.137. The summed E-state index contributed by atoms with van der Waals surface area (Å²) < 4.78 is 47.4. The summed E-state index contributed by atoms with van der Waals surface area (Å²) >= 11 is 0. The number of fused-ring (bicyclic) bond motifs is 1. The van der Waals surface area contributed by atoms with Crippen LogP contribution in [-0.4, -0.2) is 9.55 Å². The van der Waals surface area contributed by atoms with E-state index >= 15 is 0 Å². The lowest BCUT2D eigenvalue weighted by Gasteiger charge is -2.13. The number of ether oxygens (including phenoxy) is 1. The molecule has 0 N–H and O–H groups in total. The van der Waals surface area contributed by atoms with E-state index in [4.69, 9.17) is 4.74 Å². The van der Waals surface area contributed by atoms with Crippen LogP contribution in [0.1, 0.15) is 28.1 Å². The highest BCUT2D eigenvalue weighted by molar-refractivity contribution is 5.77. The number of aromatic nitrogens is 2. The highest BCUT2D eigenvalue weighted by Crippen LogP contribution is 2.32. The van der Waals surface area contributed by atoms with Gasteiger partial charge in [-0.05, 0) is 54.8 Å². The van der Waals surface area contributed by atoms with Gasteiger partial charge in [0, 0.05) is 6.54 Å². The van der Waals surface area contributed by atoms with E-state index in [2.05, 4.69) is 4.98 Å². The maximum Gasteiger partial charge on any atom is 0.416 e. The molecule has 0 bridgehead atoms. The van der Waals surface area contributed by atoms with Crippen LogP contribution in [0.15, 0.2) is 66.7 Å². The first kappa shape index (κ1) is 20.0.